The Kier molecular flexibility index (Phi) is 6.25. The standard InChI is InChI=1S/C19H22N4O5/c1-2-27-16-11-14(3-4-15(16)28-13-18(24)25)19(26)23-9-7-22(8-10-23)17-12-20-5-6-21-17/h3-6,11-12H,2,7-10,13H2,1H3,(H,24,25). The number of anilines is 1. The normalized spacial score (nSPS) is 13.9. The highest BCUT2D eigenvalue weighted by molar-refractivity contribution is 5.95. The summed E-state index contributed by atoms with van der Waals surface area (Å²) >= 11 is 0. The number of carbonyl (C=O) groups is 2. The van der Waals surface area contributed by atoms with Crippen LogP contribution >= 0.6 is 0 Å². The van der Waals surface area contributed by atoms with Gasteiger partial charge in [0.1, 0.15) is 5.82 Å². The lowest BCUT2D eigenvalue weighted by Crippen LogP contribution is -2.49. The number of rotatable bonds is 7. The van der Waals surface area contributed by atoms with Gasteiger partial charge in [-0.05, 0) is 25.1 Å². The minimum Gasteiger partial charge on any atom is -0.490 e. The number of aromatic nitrogens is 2. The van der Waals surface area contributed by atoms with Crippen LogP contribution in [0.1, 0.15) is 17.3 Å². The van der Waals surface area contributed by atoms with Crippen molar-refractivity contribution in [1.29, 1.82) is 0 Å². The average molecular weight is 386 g/mol. The number of hydrogen-bond donors (Lipinski definition) is 1. The number of aliphatic carboxylic acids is 1. The van der Waals surface area contributed by atoms with E-state index < -0.39 is 12.6 Å². The van der Waals surface area contributed by atoms with E-state index >= 15 is 0 Å². The van der Waals surface area contributed by atoms with E-state index in [4.69, 9.17) is 14.6 Å². The Balaban J connectivity index is 1.67. The Morgan fingerprint density at radius 3 is 2.54 bits per heavy atom. The number of hydrogen-bond acceptors (Lipinski definition) is 7. The topological polar surface area (TPSA) is 105 Å². The number of carboxylic acid groups (broad SMARTS) is 1. The van der Waals surface area contributed by atoms with Crippen molar-refractivity contribution >= 4 is 17.7 Å². The summed E-state index contributed by atoms with van der Waals surface area (Å²) in [6, 6.07) is 4.78. The molecule has 148 valence electrons. The van der Waals surface area contributed by atoms with Crippen molar-refractivity contribution in [1.82, 2.24) is 14.9 Å². The van der Waals surface area contributed by atoms with Gasteiger partial charge in [0, 0.05) is 44.1 Å². The summed E-state index contributed by atoms with van der Waals surface area (Å²) < 4.78 is 10.7. The molecule has 1 aliphatic rings. The van der Waals surface area contributed by atoms with E-state index in [-0.39, 0.29) is 5.91 Å². The summed E-state index contributed by atoms with van der Waals surface area (Å²) in [5.74, 6) is 0.266. The molecule has 1 aromatic heterocycles. The van der Waals surface area contributed by atoms with Crippen molar-refractivity contribution < 1.29 is 24.2 Å². The lowest BCUT2D eigenvalue weighted by Gasteiger charge is -2.35. The van der Waals surface area contributed by atoms with Crippen molar-refractivity contribution in [3.05, 3.63) is 42.4 Å². The minimum absolute atomic E-state index is 0.107. The fourth-order valence-electron chi connectivity index (χ4n) is 2.94. The van der Waals surface area contributed by atoms with E-state index in [2.05, 4.69) is 14.9 Å². The molecule has 2 aromatic rings. The number of amides is 1. The second-order valence-corrected chi connectivity index (χ2v) is 6.12. The SMILES string of the molecule is CCOc1cc(C(=O)N2CCN(c3cnccn3)CC2)ccc1OCC(=O)O. The maximum Gasteiger partial charge on any atom is 0.341 e. The molecule has 1 saturated heterocycles. The maximum atomic E-state index is 12.9. The fraction of sp³-hybridized carbons (Fsp3) is 0.368. The molecule has 0 unspecified atom stereocenters. The molecule has 1 aliphatic heterocycles. The molecule has 0 aliphatic carbocycles. The van der Waals surface area contributed by atoms with Crippen LogP contribution in [0.25, 0.3) is 0 Å². The molecule has 9 heteroatoms. The molecule has 0 saturated carbocycles. The lowest BCUT2D eigenvalue weighted by atomic mass is 10.1. The van der Waals surface area contributed by atoms with Crippen LogP contribution in [0.2, 0.25) is 0 Å². The number of carbonyl (C=O) groups excluding carboxylic acids is 1. The zero-order chi connectivity index (χ0) is 19.9. The molecule has 0 atom stereocenters. The van der Waals surface area contributed by atoms with Crippen LogP contribution in [0, 0.1) is 0 Å². The van der Waals surface area contributed by atoms with E-state index in [9.17, 15) is 9.59 Å². The Morgan fingerprint density at radius 1 is 1.11 bits per heavy atom. The molecule has 0 radical (unpaired) electrons. The number of benzene rings is 1. The summed E-state index contributed by atoms with van der Waals surface area (Å²) in [7, 11) is 0. The van der Waals surface area contributed by atoms with Crippen LogP contribution in [0.3, 0.4) is 0 Å². The first-order chi connectivity index (χ1) is 13.6. The second-order valence-electron chi connectivity index (χ2n) is 6.12. The Bertz CT molecular complexity index is 822. The highest BCUT2D eigenvalue weighted by Crippen LogP contribution is 2.29. The quantitative estimate of drug-likeness (QED) is 0.759. The molecule has 1 amide bonds. The highest BCUT2D eigenvalue weighted by Gasteiger charge is 2.24. The minimum atomic E-state index is -1.08. The first-order valence-corrected chi connectivity index (χ1v) is 9.00. The third-order valence-electron chi connectivity index (χ3n) is 4.28. The van der Waals surface area contributed by atoms with E-state index in [0.29, 0.717) is 49.8 Å². The van der Waals surface area contributed by atoms with Crippen LogP contribution in [-0.2, 0) is 4.79 Å². The van der Waals surface area contributed by atoms with Crippen LogP contribution in [0.4, 0.5) is 5.82 Å². The van der Waals surface area contributed by atoms with Crippen molar-refractivity contribution in [2.24, 2.45) is 0 Å². The average Bonchev–Trinajstić information content (AvgIpc) is 2.73. The monoisotopic (exact) mass is 386 g/mol. The van der Waals surface area contributed by atoms with Gasteiger partial charge in [-0.25, -0.2) is 9.78 Å². The summed E-state index contributed by atoms with van der Waals surface area (Å²) in [5, 5.41) is 8.77. The smallest absolute Gasteiger partial charge is 0.341 e. The molecule has 28 heavy (non-hydrogen) atoms. The van der Waals surface area contributed by atoms with Gasteiger partial charge < -0.3 is 24.4 Å². The predicted molar refractivity (Wildman–Crippen MR) is 101 cm³/mol. The Morgan fingerprint density at radius 2 is 1.89 bits per heavy atom. The van der Waals surface area contributed by atoms with E-state index in [1.165, 1.54) is 0 Å². The Hall–Kier alpha value is -3.36. The number of ether oxygens (including phenoxy) is 2. The summed E-state index contributed by atoms with van der Waals surface area (Å²) in [5.41, 5.74) is 0.471. The zero-order valence-corrected chi connectivity index (χ0v) is 15.6. The summed E-state index contributed by atoms with van der Waals surface area (Å²) in [6.07, 6.45) is 4.99. The highest BCUT2D eigenvalue weighted by atomic mass is 16.5. The molecule has 3 rings (SSSR count). The van der Waals surface area contributed by atoms with Gasteiger partial charge in [0.2, 0.25) is 0 Å². The van der Waals surface area contributed by atoms with Crippen molar-refractivity contribution in [3.8, 4) is 11.5 Å². The van der Waals surface area contributed by atoms with Crippen LogP contribution in [0.15, 0.2) is 36.8 Å². The van der Waals surface area contributed by atoms with Gasteiger partial charge in [0.05, 0.1) is 12.8 Å². The molecular weight excluding hydrogens is 364 g/mol. The van der Waals surface area contributed by atoms with Gasteiger partial charge in [-0.15, -0.1) is 0 Å². The van der Waals surface area contributed by atoms with E-state index in [0.717, 1.165) is 5.82 Å². The fourth-order valence-corrected chi connectivity index (χ4v) is 2.94. The van der Waals surface area contributed by atoms with Crippen LogP contribution < -0.4 is 14.4 Å². The van der Waals surface area contributed by atoms with Gasteiger partial charge in [0.15, 0.2) is 18.1 Å². The Labute approximate surface area is 162 Å². The third-order valence-corrected chi connectivity index (χ3v) is 4.28. The zero-order valence-electron chi connectivity index (χ0n) is 15.6. The number of piperazine rings is 1. The van der Waals surface area contributed by atoms with E-state index in [1.807, 2.05) is 0 Å². The van der Waals surface area contributed by atoms with Crippen molar-refractivity contribution in [2.45, 2.75) is 6.92 Å². The van der Waals surface area contributed by atoms with Gasteiger partial charge in [-0.2, -0.15) is 0 Å². The summed E-state index contributed by atoms with van der Waals surface area (Å²) in [6.45, 7) is 4.18. The first kappa shape index (κ1) is 19.4. The number of carboxylic acids is 1. The summed E-state index contributed by atoms with van der Waals surface area (Å²) in [4.78, 5) is 35.8. The van der Waals surface area contributed by atoms with Crippen LogP contribution in [0.5, 0.6) is 11.5 Å². The van der Waals surface area contributed by atoms with Gasteiger partial charge in [0.25, 0.3) is 5.91 Å². The van der Waals surface area contributed by atoms with Gasteiger partial charge in [-0.3, -0.25) is 9.78 Å². The molecular formula is C19H22N4O5. The molecule has 0 spiro atoms. The second kappa shape index (κ2) is 9.03. The molecule has 1 aromatic carbocycles. The third kappa shape index (κ3) is 4.67. The predicted octanol–water partition coefficient (Wildman–Crippen LogP) is 1.30. The number of nitrogens with zero attached hydrogens (tertiary/aromatic N) is 4. The lowest BCUT2D eigenvalue weighted by molar-refractivity contribution is -0.139. The van der Waals surface area contributed by atoms with Crippen molar-refractivity contribution in [3.63, 3.8) is 0 Å². The molecule has 1 N–H and O–H groups in total. The molecule has 9 nitrogen and oxygen atoms in total. The molecule has 2 heterocycles. The molecule has 0 bridgehead atoms. The molecule has 1 fully saturated rings. The largest absolute Gasteiger partial charge is 0.490 e. The van der Waals surface area contributed by atoms with E-state index in [1.54, 1.807) is 48.6 Å². The first-order valence-electron chi connectivity index (χ1n) is 9.00. The van der Waals surface area contributed by atoms with Crippen molar-refractivity contribution in [2.75, 3.05) is 44.3 Å². The van der Waals surface area contributed by atoms with Gasteiger partial charge >= 0.3 is 5.97 Å². The van der Waals surface area contributed by atoms with Crippen LogP contribution in [-0.4, -0.2) is 71.2 Å². The van der Waals surface area contributed by atoms with Gasteiger partial charge in [-0.1, -0.05) is 0 Å². The maximum absolute atomic E-state index is 12.9.